The highest BCUT2D eigenvalue weighted by Crippen LogP contribution is 2.29. The Morgan fingerprint density at radius 2 is 2.11 bits per heavy atom. The third-order valence-electron chi connectivity index (χ3n) is 2.90. The second-order valence-corrected chi connectivity index (χ2v) is 6.19. The fraction of sp³-hybridized carbons (Fsp3) is 0.357. The van der Waals surface area contributed by atoms with Crippen LogP contribution in [0.25, 0.3) is 11.3 Å². The molecule has 0 radical (unpaired) electrons. The Balaban J connectivity index is 2.53. The molecule has 0 aliphatic rings. The maximum Gasteiger partial charge on any atom is 0.125 e. The van der Waals surface area contributed by atoms with Gasteiger partial charge in [0.25, 0.3) is 0 Å². The second kappa shape index (κ2) is 5.30. The van der Waals surface area contributed by atoms with Crippen molar-refractivity contribution in [1.29, 1.82) is 0 Å². The zero-order valence-corrected chi connectivity index (χ0v) is 13.1. The lowest BCUT2D eigenvalue weighted by Gasteiger charge is -2.07. The first-order chi connectivity index (χ1) is 8.49. The second-order valence-electron chi connectivity index (χ2n) is 4.94. The Hall–Kier alpha value is -1.04. The summed E-state index contributed by atoms with van der Waals surface area (Å²) in [6.07, 6.45) is 0.959. The van der Waals surface area contributed by atoms with E-state index in [2.05, 4.69) is 65.8 Å². The topological polar surface area (TPSA) is 43.8 Å². The van der Waals surface area contributed by atoms with Gasteiger partial charge in [0.05, 0.1) is 5.69 Å². The monoisotopic (exact) mass is 355 g/mol. The van der Waals surface area contributed by atoms with Crippen LogP contribution in [0.5, 0.6) is 0 Å². The number of nitrogens with two attached hydrogens (primary N) is 1. The van der Waals surface area contributed by atoms with Crippen molar-refractivity contribution in [3.05, 3.63) is 33.4 Å². The number of hydrogen-bond donors (Lipinski definition) is 1. The average Bonchev–Trinajstić information content (AvgIpc) is 2.57. The molecule has 3 nitrogen and oxygen atoms in total. The van der Waals surface area contributed by atoms with Crippen LogP contribution >= 0.6 is 22.6 Å². The van der Waals surface area contributed by atoms with E-state index in [-0.39, 0.29) is 0 Å². The number of hydrogen-bond acceptors (Lipinski definition) is 2. The fourth-order valence-electron chi connectivity index (χ4n) is 2.06. The quantitative estimate of drug-likeness (QED) is 0.857. The van der Waals surface area contributed by atoms with Crippen LogP contribution in [0.4, 0.5) is 5.82 Å². The predicted molar refractivity (Wildman–Crippen MR) is 84.3 cm³/mol. The Kier molecular flexibility index (Phi) is 3.94. The van der Waals surface area contributed by atoms with E-state index in [1.807, 2.05) is 7.05 Å². The SMILES string of the molecule is CC(C)Cc1c(-c2cccc(I)c2)nn(C)c1N. The highest BCUT2D eigenvalue weighted by molar-refractivity contribution is 14.1. The van der Waals surface area contributed by atoms with E-state index in [1.165, 1.54) is 3.57 Å². The van der Waals surface area contributed by atoms with Crippen molar-refractivity contribution < 1.29 is 0 Å². The molecule has 1 aromatic heterocycles. The van der Waals surface area contributed by atoms with Gasteiger partial charge < -0.3 is 5.73 Å². The summed E-state index contributed by atoms with van der Waals surface area (Å²) >= 11 is 2.32. The Morgan fingerprint density at radius 3 is 2.72 bits per heavy atom. The molecule has 0 aliphatic heterocycles. The van der Waals surface area contributed by atoms with Gasteiger partial charge in [-0.05, 0) is 47.1 Å². The molecular formula is C14H18IN3. The van der Waals surface area contributed by atoms with E-state index < -0.39 is 0 Å². The van der Waals surface area contributed by atoms with E-state index >= 15 is 0 Å². The van der Waals surface area contributed by atoms with Crippen molar-refractivity contribution >= 4 is 28.4 Å². The maximum absolute atomic E-state index is 6.13. The fourth-order valence-corrected chi connectivity index (χ4v) is 2.60. The molecule has 0 fully saturated rings. The Morgan fingerprint density at radius 1 is 1.39 bits per heavy atom. The molecule has 0 spiro atoms. The van der Waals surface area contributed by atoms with E-state index in [0.29, 0.717) is 5.92 Å². The average molecular weight is 355 g/mol. The van der Waals surface area contributed by atoms with Crippen LogP contribution in [0, 0.1) is 9.49 Å². The Labute approximate surface area is 122 Å². The number of aromatic nitrogens is 2. The lowest BCUT2D eigenvalue weighted by Crippen LogP contribution is -2.02. The number of anilines is 1. The lowest BCUT2D eigenvalue weighted by atomic mass is 9.99. The van der Waals surface area contributed by atoms with E-state index in [4.69, 9.17) is 5.73 Å². The summed E-state index contributed by atoms with van der Waals surface area (Å²) in [5, 5.41) is 4.56. The van der Waals surface area contributed by atoms with Crippen molar-refractivity contribution in [3.8, 4) is 11.3 Å². The summed E-state index contributed by atoms with van der Waals surface area (Å²) in [6, 6.07) is 8.37. The number of halogens is 1. The smallest absolute Gasteiger partial charge is 0.125 e. The normalized spacial score (nSPS) is 11.2. The number of nitrogens with zero attached hydrogens (tertiary/aromatic N) is 2. The van der Waals surface area contributed by atoms with Gasteiger partial charge in [-0.3, -0.25) is 4.68 Å². The zero-order chi connectivity index (χ0) is 13.3. The van der Waals surface area contributed by atoms with Gasteiger partial charge in [0, 0.05) is 21.7 Å². The molecule has 4 heteroatoms. The molecule has 0 bridgehead atoms. The van der Waals surface area contributed by atoms with Crippen molar-refractivity contribution in [3.63, 3.8) is 0 Å². The summed E-state index contributed by atoms with van der Waals surface area (Å²) < 4.78 is 2.98. The molecular weight excluding hydrogens is 337 g/mol. The van der Waals surface area contributed by atoms with Gasteiger partial charge in [0.2, 0.25) is 0 Å². The van der Waals surface area contributed by atoms with Crippen molar-refractivity contribution in [2.75, 3.05) is 5.73 Å². The minimum absolute atomic E-state index is 0.568. The van der Waals surface area contributed by atoms with Crippen molar-refractivity contribution in [1.82, 2.24) is 9.78 Å². The van der Waals surface area contributed by atoms with Gasteiger partial charge in [-0.25, -0.2) is 0 Å². The summed E-state index contributed by atoms with van der Waals surface area (Å²) in [7, 11) is 1.90. The van der Waals surface area contributed by atoms with Gasteiger partial charge in [-0.15, -0.1) is 0 Å². The molecule has 0 saturated heterocycles. The van der Waals surface area contributed by atoms with E-state index in [0.717, 1.165) is 29.1 Å². The molecule has 2 aromatic rings. The van der Waals surface area contributed by atoms with Gasteiger partial charge in [-0.1, -0.05) is 26.0 Å². The summed E-state index contributed by atoms with van der Waals surface area (Å²) in [5.41, 5.74) is 9.45. The first-order valence-electron chi connectivity index (χ1n) is 6.06. The highest BCUT2D eigenvalue weighted by atomic mass is 127. The summed E-state index contributed by atoms with van der Waals surface area (Å²) in [4.78, 5) is 0. The first-order valence-corrected chi connectivity index (χ1v) is 7.14. The van der Waals surface area contributed by atoms with Crippen LogP contribution in [-0.4, -0.2) is 9.78 Å². The molecule has 2 rings (SSSR count). The third kappa shape index (κ3) is 2.68. The molecule has 2 N–H and O–H groups in total. The lowest BCUT2D eigenvalue weighted by molar-refractivity contribution is 0.648. The molecule has 96 valence electrons. The zero-order valence-electron chi connectivity index (χ0n) is 10.9. The van der Waals surface area contributed by atoms with Crippen molar-refractivity contribution in [2.45, 2.75) is 20.3 Å². The van der Waals surface area contributed by atoms with Gasteiger partial charge in [0.15, 0.2) is 0 Å². The van der Waals surface area contributed by atoms with Gasteiger partial charge in [-0.2, -0.15) is 5.10 Å². The molecule has 0 saturated carbocycles. The predicted octanol–water partition coefficient (Wildman–Crippen LogP) is 3.47. The van der Waals surface area contributed by atoms with Gasteiger partial charge >= 0.3 is 0 Å². The van der Waals surface area contributed by atoms with Crippen LogP contribution in [0.1, 0.15) is 19.4 Å². The molecule has 1 heterocycles. The van der Waals surface area contributed by atoms with Gasteiger partial charge in [0.1, 0.15) is 5.82 Å². The number of nitrogen functional groups attached to an aromatic ring is 1. The summed E-state index contributed by atoms with van der Waals surface area (Å²) in [6.45, 7) is 4.40. The largest absolute Gasteiger partial charge is 0.384 e. The summed E-state index contributed by atoms with van der Waals surface area (Å²) in [5.74, 6) is 1.34. The highest BCUT2D eigenvalue weighted by Gasteiger charge is 2.16. The Bertz CT molecular complexity index is 558. The molecule has 1 aromatic carbocycles. The number of aryl methyl sites for hydroxylation is 1. The maximum atomic E-state index is 6.13. The first kappa shape index (κ1) is 13.4. The van der Waals surface area contributed by atoms with Crippen LogP contribution in [0.2, 0.25) is 0 Å². The van der Waals surface area contributed by atoms with Crippen LogP contribution in [-0.2, 0) is 13.5 Å². The molecule has 18 heavy (non-hydrogen) atoms. The van der Waals surface area contributed by atoms with Crippen molar-refractivity contribution in [2.24, 2.45) is 13.0 Å². The molecule has 0 atom stereocenters. The van der Waals surface area contributed by atoms with E-state index in [1.54, 1.807) is 4.68 Å². The minimum atomic E-state index is 0.568. The molecule has 0 aliphatic carbocycles. The van der Waals surface area contributed by atoms with Crippen LogP contribution < -0.4 is 5.73 Å². The molecule has 0 unspecified atom stereocenters. The van der Waals surface area contributed by atoms with Crippen LogP contribution in [0.15, 0.2) is 24.3 Å². The van der Waals surface area contributed by atoms with Crippen LogP contribution in [0.3, 0.4) is 0 Å². The minimum Gasteiger partial charge on any atom is -0.384 e. The third-order valence-corrected chi connectivity index (χ3v) is 3.58. The molecule has 0 amide bonds. The number of benzene rings is 1. The standard InChI is InChI=1S/C14H18IN3/c1-9(2)7-12-13(17-18(3)14(12)16)10-5-4-6-11(15)8-10/h4-6,8-9H,7,16H2,1-3H3. The number of rotatable bonds is 3. The van der Waals surface area contributed by atoms with E-state index in [9.17, 15) is 0 Å².